The van der Waals surface area contributed by atoms with Crippen LogP contribution in [0.2, 0.25) is 0 Å². The number of ether oxygens (including phenoxy) is 1. The van der Waals surface area contributed by atoms with Crippen LogP contribution < -0.4 is 4.74 Å². The lowest BCUT2D eigenvalue weighted by atomic mass is 9.82. The van der Waals surface area contributed by atoms with Gasteiger partial charge in [-0.1, -0.05) is 24.3 Å². The Morgan fingerprint density at radius 2 is 1.81 bits per heavy atom. The SMILES string of the molecule is COc1cccc(CN2CCN(C(=O)[C@@H]3[C@H](C(=O)O)[C@H]4C=C[C@H]3C4)CC2)c1. The summed E-state index contributed by atoms with van der Waals surface area (Å²) in [7, 11) is 1.67. The molecule has 1 N–H and O–H groups in total. The van der Waals surface area contributed by atoms with Gasteiger partial charge in [0.2, 0.25) is 5.91 Å². The first-order chi connectivity index (χ1) is 13.1. The molecule has 1 saturated heterocycles. The Kier molecular flexibility index (Phi) is 4.91. The molecule has 1 amide bonds. The third-order valence-electron chi connectivity index (χ3n) is 6.25. The number of rotatable bonds is 5. The number of aliphatic carboxylic acids is 1. The lowest BCUT2D eigenvalue weighted by Gasteiger charge is -2.37. The van der Waals surface area contributed by atoms with Gasteiger partial charge in [0, 0.05) is 32.7 Å². The van der Waals surface area contributed by atoms with E-state index in [9.17, 15) is 14.7 Å². The molecule has 2 fully saturated rings. The summed E-state index contributed by atoms with van der Waals surface area (Å²) >= 11 is 0. The van der Waals surface area contributed by atoms with Crippen LogP contribution >= 0.6 is 0 Å². The predicted octanol–water partition coefficient (Wildman–Crippen LogP) is 1.86. The first-order valence-electron chi connectivity index (χ1n) is 9.62. The molecule has 4 rings (SSSR count). The van der Waals surface area contributed by atoms with Gasteiger partial charge in [-0.2, -0.15) is 0 Å². The predicted molar refractivity (Wildman–Crippen MR) is 100 cm³/mol. The molecule has 2 aliphatic carbocycles. The molecule has 0 unspecified atom stereocenters. The van der Waals surface area contributed by atoms with Gasteiger partial charge in [-0.3, -0.25) is 14.5 Å². The summed E-state index contributed by atoms with van der Waals surface area (Å²) in [6, 6.07) is 8.04. The number of nitrogens with zero attached hydrogens (tertiary/aromatic N) is 2. The molecule has 3 aliphatic rings. The summed E-state index contributed by atoms with van der Waals surface area (Å²) in [5, 5.41) is 9.58. The van der Waals surface area contributed by atoms with E-state index >= 15 is 0 Å². The smallest absolute Gasteiger partial charge is 0.307 e. The van der Waals surface area contributed by atoms with Crippen molar-refractivity contribution in [2.75, 3.05) is 33.3 Å². The largest absolute Gasteiger partial charge is 0.497 e. The van der Waals surface area contributed by atoms with E-state index in [1.807, 2.05) is 35.3 Å². The van der Waals surface area contributed by atoms with Crippen LogP contribution in [0.3, 0.4) is 0 Å². The summed E-state index contributed by atoms with van der Waals surface area (Å²) in [6.45, 7) is 3.75. The zero-order valence-electron chi connectivity index (χ0n) is 15.6. The summed E-state index contributed by atoms with van der Waals surface area (Å²) in [6.07, 6.45) is 4.84. The molecule has 1 heterocycles. The lowest BCUT2D eigenvalue weighted by Crippen LogP contribution is -2.52. The molecule has 0 spiro atoms. The summed E-state index contributed by atoms with van der Waals surface area (Å²) in [5.74, 6) is -0.772. The van der Waals surface area contributed by atoms with Crippen molar-refractivity contribution in [3.63, 3.8) is 0 Å². The molecule has 0 radical (unpaired) electrons. The van der Waals surface area contributed by atoms with E-state index in [0.717, 1.165) is 31.8 Å². The Hall–Kier alpha value is -2.34. The minimum absolute atomic E-state index is 0.0239. The Morgan fingerprint density at radius 1 is 1.11 bits per heavy atom. The average Bonchev–Trinajstić information content (AvgIpc) is 3.29. The maximum atomic E-state index is 13.0. The highest BCUT2D eigenvalue weighted by Gasteiger charge is 2.52. The number of amides is 1. The molecule has 1 aliphatic heterocycles. The van der Waals surface area contributed by atoms with Crippen LogP contribution in [0.5, 0.6) is 5.75 Å². The monoisotopic (exact) mass is 370 g/mol. The van der Waals surface area contributed by atoms with E-state index < -0.39 is 11.9 Å². The van der Waals surface area contributed by atoms with E-state index in [4.69, 9.17) is 4.74 Å². The molecule has 2 bridgehead atoms. The second-order valence-electron chi connectivity index (χ2n) is 7.79. The number of fused-ring (bicyclic) bond motifs is 2. The van der Waals surface area contributed by atoms with Gasteiger partial charge >= 0.3 is 5.97 Å². The van der Waals surface area contributed by atoms with Crippen LogP contribution in [0.1, 0.15) is 12.0 Å². The van der Waals surface area contributed by atoms with Gasteiger partial charge < -0.3 is 14.7 Å². The fourth-order valence-corrected chi connectivity index (χ4v) is 4.86. The zero-order valence-corrected chi connectivity index (χ0v) is 15.6. The highest BCUT2D eigenvalue weighted by molar-refractivity contribution is 5.87. The highest BCUT2D eigenvalue weighted by atomic mass is 16.5. The van der Waals surface area contributed by atoms with Gasteiger partial charge in [-0.15, -0.1) is 0 Å². The summed E-state index contributed by atoms with van der Waals surface area (Å²) in [5.41, 5.74) is 1.19. The van der Waals surface area contributed by atoms with E-state index in [1.54, 1.807) is 7.11 Å². The number of piperazine rings is 1. The molecule has 1 aromatic carbocycles. The Balaban J connectivity index is 1.35. The van der Waals surface area contributed by atoms with Crippen LogP contribution in [0.25, 0.3) is 0 Å². The highest BCUT2D eigenvalue weighted by Crippen LogP contribution is 2.48. The number of carboxylic acid groups (broad SMARTS) is 1. The summed E-state index contributed by atoms with van der Waals surface area (Å²) < 4.78 is 5.28. The summed E-state index contributed by atoms with van der Waals surface area (Å²) in [4.78, 5) is 28.9. The molecule has 4 atom stereocenters. The van der Waals surface area contributed by atoms with Gasteiger partial charge in [0.25, 0.3) is 0 Å². The number of carboxylic acids is 1. The van der Waals surface area contributed by atoms with Crippen LogP contribution in [0.15, 0.2) is 36.4 Å². The van der Waals surface area contributed by atoms with Crippen molar-refractivity contribution >= 4 is 11.9 Å². The molecular weight excluding hydrogens is 344 g/mol. The van der Waals surface area contributed by atoms with Gasteiger partial charge in [0.1, 0.15) is 5.75 Å². The maximum Gasteiger partial charge on any atom is 0.307 e. The van der Waals surface area contributed by atoms with Crippen molar-refractivity contribution in [1.29, 1.82) is 0 Å². The average molecular weight is 370 g/mol. The molecule has 6 heteroatoms. The Morgan fingerprint density at radius 3 is 2.48 bits per heavy atom. The van der Waals surface area contributed by atoms with Gasteiger partial charge in [0.05, 0.1) is 18.9 Å². The Bertz CT molecular complexity index is 754. The molecule has 1 saturated carbocycles. The first kappa shape index (κ1) is 18.0. The van der Waals surface area contributed by atoms with Crippen molar-refractivity contribution in [2.45, 2.75) is 13.0 Å². The second kappa shape index (κ2) is 7.35. The number of hydrogen-bond donors (Lipinski definition) is 1. The van der Waals surface area contributed by atoms with Crippen molar-refractivity contribution < 1.29 is 19.4 Å². The number of hydrogen-bond acceptors (Lipinski definition) is 4. The van der Waals surface area contributed by atoms with Gasteiger partial charge in [-0.05, 0) is 36.0 Å². The van der Waals surface area contributed by atoms with E-state index in [2.05, 4.69) is 11.0 Å². The van der Waals surface area contributed by atoms with E-state index in [1.165, 1.54) is 5.56 Å². The van der Waals surface area contributed by atoms with Crippen LogP contribution in [-0.2, 0) is 16.1 Å². The third-order valence-corrected chi connectivity index (χ3v) is 6.25. The fraction of sp³-hybridized carbons (Fsp3) is 0.524. The minimum atomic E-state index is -0.832. The number of allylic oxidation sites excluding steroid dienone is 2. The van der Waals surface area contributed by atoms with E-state index in [-0.39, 0.29) is 23.7 Å². The normalized spacial score (nSPS) is 29.9. The van der Waals surface area contributed by atoms with Crippen LogP contribution in [0, 0.1) is 23.7 Å². The van der Waals surface area contributed by atoms with Crippen molar-refractivity contribution in [2.24, 2.45) is 23.7 Å². The lowest BCUT2D eigenvalue weighted by molar-refractivity contribution is -0.151. The standard InChI is InChI=1S/C21H26N2O4/c1-27-17-4-2-3-14(11-17)13-22-7-9-23(10-8-22)20(24)18-15-5-6-16(12-15)19(18)21(25)26/h2-6,11,15-16,18-19H,7-10,12-13H2,1H3,(H,25,26)/t15-,16-,18-,19+/m0/s1. The van der Waals surface area contributed by atoms with Crippen molar-refractivity contribution in [3.8, 4) is 5.75 Å². The fourth-order valence-electron chi connectivity index (χ4n) is 4.86. The number of benzene rings is 1. The molecule has 27 heavy (non-hydrogen) atoms. The van der Waals surface area contributed by atoms with Crippen molar-refractivity contribution in [3.05, 3.63) is 42.0 Å². The van der Waals surface area contributed by atoms with E-state index in [0.29, 0.717) is 13.1 Å². The Labute approximate surface area is 159 Å². The van der Waals surface area contributed by atoms with Crippen LogP contribution in [0.4, 0.5) is 0 Å². The molecular formula is C21H26N2O4. The van der Waals surface area contributed by atoms with Gasteiger partial charge in [-0.25, -0.2) is 0 Å². The quantitative estimate of drug-likeness (QED) is 0.802. The second-order valence-corrected chi connectivity index (χ2v) is 7.79. The first-order valence-corrected chi connectivity index (χ1v) is 9.62. The van der Waals surface area contributed by atoms with Crippen LogP contribution in [-0.4, -0.2) is 60.1 Å². The number of carbonyl (C=O) groups is 2. The minimum Gasteiger partial charge on any atom is -0.497 e. The molecule has 0 aromatic heterocycles. The number of methoxy groups -OCH3 is 1. The zero-order chi connectivity index (χ0) is 19.0. The topological polar surface area (TPSA) is 70.1 Å². The third kappa shape index (κ3) is 3.46. The molecule has 6 nitrogen and oxygen atoms in total. The maximum absolute atomic E-state index is 13.0. The molecule has 144 valence electrons. The number of carbonyl (C=O) groups excluding carboxylic acids is 1. The van der Waals surface area contributed by atoms with Gasteiger partial charge in [0.15, 0.2) is 0 Å². The molecule has 1 aromatic rings. The van der Waals surface area contributed by atoms with Crippen molar-refractivity contribution in [1.82, 2.24) is 9.80 Å².